The topological polar surface area (TPSA) is 43.1 Å². The Morgan fingerprint density at radius 1 is 1.16 bits per heavy atom. The third kappa shape index (κ3) is 2.77. The average molecular weight is 347 g/mol. The largest absolute Gasteiger partial charge is 0.398 e. The Morgan fingerprint density at radius 3 is 2.26 bits per heavy atom. The van der Waals surface area contributed by atoms with Gasteiger partial charge in [-0.2, -0.15) is 0 Å². The van der Waals surface area contributed by atoms with Gasteiger partial charge in [0.1, 0.15) is 11.6 Å². The number of carbonyl (C=O) groups is 1. The predicted molar refractivity (Wildman–Crippen MR) is 73.4 cm³/mol. The molecule has 19 heavy (non-hydrogen) atoms. The number of nitrogens with two attached hydrogens (primary N) is 1. The van der Waals surface area contributed by atoms with Crippen LogP contribution in [-0.4, -0.2) is 5.78 Å². The predicted octanol–water partition coefficient (Wildman–Crippen LogP) is 4.19. The van der Waals surface area contributed by atoms with Crippen molar-refractivity contribution in [2.45, 2.75) is 0 Å². The zero-order valence-electron chi connectivity index (χ0n) is 9.38. The summed E-state index contributed by atoms with van der Waals surface area (Å²) in [5, 5.41) is 0.156. The van der Waals surface area contributed by atoms with Gasteiger partial charge < -0.3 is 5.73 Å². The number of hydrogen-bond acceptors (Lipinski definition) is 2. The van der Waals surface area contributed by atoms with Crippen molar-refractivity contribution in [3.63, 3.8) is 0 Å². The minimum absolute atomic E-state index is 0.0688. The third-order valence-corrected chi connectivity index (χ3v) is 3.28. The minimum atomic E-state index is -0.940. The van der Waals surface area contributed by atoms with Gasteiger partial charge >= 0.3 is 0 Å². The molecule has 6 heteroatoms. The molecule has 0 radical (unpaired) electrons. The molecule has 2 aromatic carbocycles. The number of ketones is 1. The Kier molecular flexibility index (Phi) is 3.87. The number of carbonyl (C=O) groups excluding carboxylic acids is 1. The molecule has 0 aliphatic rings. The molecule has 0 saturated carbocycles. The van der Waals surface area contributed by atoms with Crippen LogP contribution in [0.15, 0.2) is 34.8 Å². The van der Waals surface area contributed by atoms with Gasteiger partial charge in [0.15, 0.2) is 5.78 Å². The molecule has 0 aliphatic heterocycles. The van der Waals surface area contributed by atoms with E-state index in [1.165, 1.54) is 18.2 Å². The van der Waals surface area contributed by atoms with E-state index in [9.17, 15) is 13.6 Å². The van der Waals surface area contributed by atoms with E-state index in [4.69, 9.17) is 17.3 Å². The van der Waals surface area contributed by atoms with Crippen LogP contribution in [0.3, 0.4) is 0 Å². The Bertz CT molecular complexity index is 653. The molecule has 0 saturated heterocycles. The Labute approximate surface area is 121 Å². The van der Waals surface area contributed by atoms with Crippen molar-refractivity contribution >= 4 is 39.0 Å². The number of anilines is 1. The molecule has 0 aromatic heterocycles. The molecular weight excluding hydrogens is 340 g/mol. The third-order valence-electron chi connectivity index (χ3n) is 2.50. The summed E-state index contributed by atoms with van der Waals surface area (Å²) in [5.41, 5.74) is 5.24. The summed E-state index contributed by atoms with van der Waals surface area (Å²) in [6.45, 7) is 0. The van der Waals surface area contributed by atoms with E-state index >= 15 is 0 Å². The highest BCUT2D eigenvalue weighted by atomic mass is 79.9. The second-order valence-electron chi connectivity index (χ2n) is 3.81. The second kappa shape index (κ2) is 5.27. The van der Waals surface area contributed by atoms with Crippen LogP contribution < -0.4 is 5.73 Å². The summed E-state index contributed by atoms with van der Waals surface area (Å²) in [7, 11) is 0. The van der Waals surface area contributed by atoms with E-state index in [2.05, 4.69) is 15.9 Å². The van der Waals surface area contributed by atoms with Crippen molar-refractivity contribution in [1.29, 1.82) is 0 Å². The summed E-state index contributed by atoms with van der Waals surface area (Å²) in [6.07, 6.45) is 0. The van der Waals surface area contributed by atoms with Crippen LogP contribution >= 0.6 is 27.5 Å². The monoisotopic (exact) mass is 345 g/mol. The van der Waals surface area contributed by atoms with E-state index in [0.717, 1.165) is 12.1 Å². The van der Waals surface area contributed by atoms with Crippen molar-refractivity contribution in [1.82, 2.24) is 0 Å². The van der Waals surface area contributed by atoms with E-state index < -0.39 is 23.0 Å². The average Bonchev–Trinajstić information content (AvgIpc) is 2.31. The number of hydrogen-bond donors (Lipinski definition) is 1. The highest BCUT2D eigenvalue weighted by molar-refractivity contribution is 9.10. The number of benzene rings is 2. The molecule has 0 spiro atoms. The highest BCUT2D eigenvalue weighted by Crippen LogP contribution is 2.25. The van der Waals surface area contributed by atoms with Gasteiger partial charge in [0.05, 0.1) is 16.3 Å². The Hall–Kier alpha value is -1.46. The van der Waals surface area contributed by atoms with Crippen LogP contribution in [0.5, 0.6) is 0 Å². The maximum absolute atomic E-state index is 13.7. The minimum Gasteiger partial charge on any atom is -0.398 e. The van der Waals surface area contributed by atoms with Crippen molar-refractivity contribution in [3.8, 4) is 0 Å². The fourth-order valence-electron chi connectivity index (χ4n) is 1.57. The zero-order chi connectivity index (χ0) is 14.2. The first-order valence-corrected chi connectivity index (χ1v) is 6.31. The van der Waals surface area contributed by atoms with Crippen molar-refractivity contribution in [2.24, 2.45) is 0 Å². The van der Waals surface area contributed by atoms with Gasteiger partial charge in [0.2, 0.25) is 0 Å². The van der Waals surface area contributed by atoms with Gasteiger partial charge in [-0.15, -0.1) is 0 Å². The van der Waals surface area contributed by atoms with E-state index in [0.29, 0.717) is 0 Å². The standard InChI is InChI=1S/C13H7BrClF2NO/c14-7-4-9(16)12(10(17)5-7)13(19)6-1-2-11(18)8(15)3-6/h1-5H,18H2. The van der Waals surface area contributed by atoms with Gasteiger partial charge in [-0.05, 0) is 30.3 Å². The first kappa shape index (κ1) is 14.0. The SMILES string of the molecule is Nc1ccc(C(=O)c2c(F)cc(Br)cc2F)cc1Cl. The lowest BCUT2D eigenvalue weighted by atomic mass is 10.0. The number of rotatable bonds is 2. The van der Waals surface area contributed by atoms with Gasteiger partial charge in [0.25, 0.3) is 0 Å². The lowest BCUT2D eigenvalue weighted by Crippen LogP contribution is -2.08. The molecule has 2 rings (SSSR count). The molecule has 2 nitrogen and oxygen atoms in total. The van der Waals surface area contributed by atoms with E-state index in [-0.39, 0.29) is 20.7 Å². The first-order valence-electron chi connectivity index (χ1n) is 5.14. The van der Waals surface area contributed by atoms with Gasteiger partial charge in [-0.3, -0.25) is 4.79 Å². The second-order valence-corrected chi connectivity index (χ2v) is 5.13. The van der Waals surface area contributed by atoms with Crippen molar-refractivity contribution in [2.75, 3.05) is 5.73 Å². The van der Waals surface area contributed by atoms with Crippen LogP contribution in [0.25, 0.3) is 0 Å². The lowest BCUT2D eigenvalue weighted by Gasteiger charge is -2.06. The molecule has 0 fully saturated rings. The first-order chi connectivity index (χ1) is 8.90. The van der Waals surface area contributed by atoms with Crippen LogP contribution in [0.4, 0.5) is 14.5 Å². The van der Waals surface area contributed by atoms with E-state index in [1.807, 2.05) is 0 Å². The van der Waals surface area contributed by atoms with Crippen LogP contribution in [0.2, 0.25) is 5.02 Å². The molecule has 0 atom stereocenters. The fraction of sp³-hybridized carbons (Fsp3) is 0. The molecule has 0 heterocycles. The summed E-state index contributed by atoms with van der Waals surface area (Å²) >= 11 is 8.72. The normalized spacial score (nSPS) is 10.5. The van der Waals surface area contributed by atoms with Crippen LogP contribution in [0, 0.1) is 11.6 Å². The Morgan fingerprint density at radius 2 is 1.74 bits per heavy atom. The smallest absolute Gasteiger partial charge is 0.198 e. The molecule has 0 aliphatic carbocycles. The van der Waals surface area contributed by atoms with Crippen molar-refractivity contribution < 1.29 is 13.6 Å². The summed E-state index contributed by atoms with van der Waals surface area (Å²) in [4.78, 5) is 12.1. The molecule has 98 valence electrons. The van der Waals surface area contributed by atoms with Gasteiger partial charge in [0, 0.05) is 10.0 Å². The number of nitrogen functional groups attached to an aromatic ring is 1. The van der Waals surface area contributed by atoms with Gasteiger partial charge in [-0.1, -0.05) is 27.5 Å². The summed E-state index contributed by atoms with van der Waals surface area (Å²) < 4.78 is 27.6. The van der Waals surface area contributed by atoms with E-state index in [1.54, 1.807) is 0 Å². The maximum Gasteiger partial charge on any atom is 0.198 e. The summed E-state index contributed by atoms with van der Waals surface area (Å²) in [6, 6.07) is 6.10. The Balaban J connectivity index is 2.53. The summed E-state index contributed by atoms with van der Waals surface area (Å²) in [5.74, 6) is -2.67. The molecular formula is C13H7BrClF2NO. The van der Waals surface area contributed by atoms with Crippen LogP contribution in [-0.2, 0) is 0 Å². The highest BCUT2D eigenvalue weighted by Gasteiger charge is 2.20. The van der Waals surface area contributed by atoms with Crippen LogP contribution in [0.1, 0.15) is 15.9 Å². The lowest BCUT2D eigenvalue weighted by molar-refractivity contribution is 0.103. The number of halogens is 4. The zero-order valence-corrected chi connectivity index (χ0v) is 11.7. The van der Waals surface area contributed by atoms with Crippen molar-refractivity contribution in [3.05, 3.63) is 62.6 Å². The molecule has 0 amide bonds. The fourth-order valence-corrected chi connectivity index (χ4v) is 2.15. The van der Waals surface area contributed by atoms with Gasteiger partial charge in [-0.25, -0.2) is 8.78 Å². The maximum atomic E-state index is 13.7. The molecule has 2 N–H and O–H groups in total. The molecule has 0 bridgehead atoms. The molecule has 0 unspecified atom stereocenters. The molecule has 2 aromatic rings. The quantitative estimate of drug-likeness (QED) is 0.654.